The summed E-state index contributed by atoms with van der Waals surface area (Å²) in [5, 5.41) is 8.73. The second kappa shape index (κ2) is 7.96. The summed E-state index contributed by atoms with van der Waals surface area (Å²) in [6, 6.07) is 2.44. The van der Waals surface area contributed by atoms with Gasteiger partial charge in [-0.05, 0) is 12.1 Å². The summed E-state index contributed by atoms with van der Waals surface area (Å²) in [7, 11) is 0. The number of nitrogens with zero attached hydrogens (tertiary/aromatic N) is 1. The van der Waals surface area contributed by atoms with Gasteiger partial charge in [-0.1, -0.05) is 0 Å². The molecule has 0 aromatic heterocycles. The van der Waals surface area contributed by atoms with E-state index in [1.54, 1.807) is 0 Å². The Morgan fingerprint density at radius 1 is 1.15 bits per heavy atom. The van der Waals surface area contributed by atoms with E-state index < -0.39 is 30.4 Å². The summed E-state index contributed by atoms with van der Waals surface area (Å²) in [4.78, 5) is 13.0. The van der Waals surface area contributed by atoms with E-state index in [0.717, 1.165) is 12.1 Å². The van der Waals surface area contributed by atoms with Gasteiger partial charge in [0.05, 0.1) is 13.2 Å². The summed E-state index contributed by atoms with van der Waals surface area (Å²) < 4.78 is 50.4. The molecule has 1 rings (SSSR count). The van der Waals surface area contributed by atoms with Crippen LogP contribution in [0.15, 0.2) is 18.2 Å². The molecule has 1 aromatic carbocycles. The first-order chi connectivity index (χ1) is 9.42. The number of ketones is 1. The number of benzene rings is 1. The molecule has 0 saturated heterocycles. The third-order valence-electron chi connectivity index (χ3n) is 2.65. The van der Waals surface area contributed by atoms with Crippen molar-refractivity contribution >= 4 is 5.78 Å². The van der Waals surface area contributed by atoms with Gasteiger partial charge >= 0.3 is 0 Å². The van der Waals surface area contributed by atoms with Crippen molar-refractivity contribution in [2.24, 2.45) is 0 Å². The van der Waals surface area contributed by atoms with Gasteiger partial charge in [-0.15, -0.1) is 0 Å². The number of aliphatic hydroxyl groups excluding tert-OH is 1. The summed E-state index contributed by atoms with van der Waals surface area (Å²) in [5.74, 6) is -2.28. The van der Waals surface area contributed by atoms with E-state index >= 15 is 0 Å². The first-order valence-electron chi connectivity index (χ1n) is 6.03. The van der Waals surface area contributed by atoms with E-state index in [0.29, 0.717) is 6.07 Å². The summed E-state index contributed by atoms with van der Waals surface area (Å²) in [5.41, 5.74) is -0.136. The second-order valence-electron chi connectivity index (χ2n) is 4.25. The lowest BCUT2D eigenvalue weighted by molar-refractivity contribution is 0.0732. The molecule has 0 heterocycles. The minimum atomic E-state index is -2.58. The lowest BCUT2D eigenvalue weighted by atomic mass is 10.1. The maximum Gasteiger partial charge on any atom is 0.251 e. The highest BCUT2D eigenvalue weighted by molar-refractivity contribution is 5.96. The van der Waals surface area contributed by atoms with E-state index in [9.17, 15) is 22.4 Å². The Morgan fingerprint density at radius 3 is 2.25 bits per heavy atom. The molecule has 112 valence electrons. The third-order valence-corrected chi connectivity index (χ3v) is 2.65. The molecule has 0 aliphatic carbocycles. The fraction of sp³-hybridized carbons (Fsp3) is 0.462. The fourth-order valence-corrected chi connectivity index (χ4v) is 1.75. The molecule has 0 aliphatic rings. The Bertz CT molecular complexity index is 434. The van der Waals surface area contributed by atoms with E-state index in [-0.39, 0.29) is 31.7 Å². The monoisotopic (exact) mass is 293 g/mol. The van der Waals surface area contributed by atoms with Gasteiger partial charge in [-0.2, -0.15) is 0 Å². The molecule has 0 amide bonds. The lowest BCUT2D eigenvalue weighted by Crippen LogP contribution is -2.33. The maximum absolute atomic E-state index is 12.9. The van der Waals surface area contributed by atoms with Crippen molar-refractivity contribution in [1.82, 2.24) is 4.90 Å². The van der Waals surface area contributed by atoms with Crippen LogP contribution in [0, 0.1) is 11.6 Å². The van der Waals surface area contributed by atoms with Crippen LogP contribution in [0.3, 0.4) is 0 Å². The van der Waals surface area contributed by atoms with Gasteiger partial charge in [0.1, 0.15) is 11.6 Å². The molecule has 7 heteroatoms. The minimum absolute atomic E-state index is 0.00906. The van der Waals surface area contributed by atoms with Gasteiger partial charge in [0.2, 0.25) is 0 Å². The number of carbonyl (C=O) groups excluding carboxylic acids is 1. The molecule has 0 unspecified atom stereocenters. The van der Waals surface area contributed by atoms with Crippen LogP contribution in [0.1, 0.15) is 16.8 Å². The van der Waals surface area contributed by atoms with Crippen molar-refractivity contribution in [3.63, 3.8) is 0 Å². The maximum atomic E-state index is 12.9. The Morgan fingerprint density at radius 2 is 1.75 bits per heavy atom. The molecule has 0 atom stereocenters. The molecule has 1 aromatic rings. The Kier molecular flexibility index (Phi) is 6.60. The van der Waals surface area contributed by atoms with Gasteiger partial charge in [0.15, 0.2) is 5.78 Å². The SMILES string of the molecule is O=C(CCN(CCO)CC(F)F)c1cc(F)cc(F)c1. The number of hydrogen-bond acceptors (Lipinski definition) is 3. The van der Waals surface area contributed by atoms with Gasteiger partial charge in [0, 0.05) is 31.1 Å². The number of Topliss-reactive ketones (excluding diaryl/α,β-unsaturated/α-hetero) is 1. The average molecular weight is 293 g/mol. The van der Waals surface area contributed by atoms with Crippen molar-refractivity contribution in [3.05, 3.63) is 35.4 Å². The first-order valence-corrected chi connectivity index (χ1v) is 6.03. The molecule has 1 N–H and O–H groups in total. The molecule has 0 bridgehead atoms. The molecule has 0 fully saturated rings. The highest BCUT2D eigenvalue weighted by Crippen LogP contribution is 2.11. The smallest absolute Gasteiger partial charge is 0.251 e. The Labute approximate surface area is 113 Å². The van der Waals surface area contributed by atoms with Crippen LogP contribution < -0.4 is 0 Å². The molecule has 0 radical (unpaired) electrons. The van der Waals surface area contributed by atoms with Crippen LogP contribution in [-0.4, -0.2) is 48.5 Å². The number of rotatable bonds is 8. The third kappa shape index (κ3) is 5.66. The zero-order valence-corrected chi connectivity index (χ0v) is 10.7. The zero-order chi connectivity index (χ0) is 15.1. The predicted octanol–water partition coefficient (Wildman–Crippen LogP) is 2.10. The topological polar surface area (TPSA) is 40.5 Å². The van der Waals surface area contributed by atoms with Crippen molar-refractivity contribution in [2.75, 3.05) is 26.2 Å². The van der Waals surface area contributed by atoms with Crippen LogP contribution in [0.25, 0.3) is 0 Å². The normalized spacial score (nSPS) is 11.3. The van der Waals surface area contributed by atoms with E-state index in [1.165, 1.54) is 4.90 Å². The number of alkyl halides is 2. The predicted molar refractivity (Wildman–Crippen MR) is 64.8 cm³/mol. The average Bonchev–Trinajstić information content (AvgIpc) is 2.34. The Balaban J connectivity index is 2.60. The quantitative estimate of drug-likeness (QED) is 0.589. The highest BCUT2D eigenvalue weighted by atomic mass is 19.3. The van der Waals surface area contributed by atoms with Crippen LogP contribution in [0.5, 0.6) is 0 Å². The van der Waals surface area contributed by atoms with E-state index in [1.807, 2.05) is 0 Å². The van der Waals surface area contributed by atoms with Gasteiger partial charge in [-0.25, -0.2) is 17.6 Å². The van der Waals surface area contributed by atoms with Gasteiger partial charge in [-0.3, -0.25) is 9.69 Å². The lowest BCUT2D eigenvalue weighted by Gasteiger charge is -2.20. The largest absolute Gasteiger partial charge is 0.395 e. The van der Waals surface area contributed by atoms with Crippen LogP contribution in [0.2, 0.25) is 0 Å². The molecule has 20 heavy (non-hydrogen) atoms. The standard InChI is InChI=1S/C13H15F4NO2/c14-10-5-9(6-11(15)7-10)12(20)1-2-18(3-4-19)8-13(16)17/h5-7,13,19H,1-4,8H2. The fourth-order valence-electron chi connectivity index (χ4n) is 1.75. The molecule has 0 aliphatic heterocycles. The van der Waals surface area contributed by atoms with Crippen LogP contribution in [-0.2, 0) is 0 Å². The van der Waals surface area contributed by atoms with Crippen molar-refractivity contribution in [1.29, 1.82) is 0 Å². The number of carbonyl (C=O) groups is 1. The second-order valence-corrected chi connectivity index (χ2v) is 4.25. The number of halogens is 4. The molecule has 0 spiro atoms. The highest BCUT2D eigenvalue weighted by Gasteiger charge is 2.15. The number of hydrogen-bond donors (Lipinski definition) is 1. The molecular weight excluding hydrogens is 278 g/mol. The summed E-state index contributed by atoms with van der Waals surface area (Å²) in [6.45, 7) is -0.877. The molecule has 3 nitrogen and oxygen atoms in total. The first kappa shape index (κ1) is 16.6. The molecule has 0 saturated carbocycles. The Hall–Kier alpha value is -1.47. The van der Waals surface area contributed by atoms with Crippen LogP contribution in [0.4, 0.5) is 17.6 Å². The van der Waals surface area contributed by atoms with Crippen LogP contribution >= 0.6 is 0 Å². The minimum Gasteiger partial charge on any atom is -0.395 e. The molecular formula is C13H15F4NO2. The van der Waals surface area contributed by atoms with Gasteiger partial charge in [0.25, 0.3) is 6.43 Å². The van der Waals surface area contributed by atoms with Crippen molar-refractivity contribution < 1.29 is 27.5 Å². The van der Waals surface area contributed by atoms with Crippen molar-refractivity contribution in [3.8, 4) is 0 Å². The van der Waals surface area contributed by atoms with E-state index in [4.69, 9.17) is 5.11 Å². The zero-order valence-electron chi connectivity index (χ0n) is 10.7. The van der Waals surface area contributed by atoms with E-state index in [2.05, 4.69) is 0 Å². The number of aliphatic hydroxyl groups is 1. The summed E-state index contributed by atoms with van der Waals surface area (Å²) in [6.07, 6.45) is -2.74. The van der Waals surface area contributed by atoms with Gasteiger partial charge < -0.3 is 5.11 Å². The van der Waals surface area contributed by atoms with Crippen molar-refractivity contribution in [2.45, 2.75) is 12.8 Å². The summed E-state index contributed by atoms with van der Waals surface area (Å²) >= 11 is 0.